The number of rotatable bonds is 6. The van der Waals surface area contributed by atoms with Gasteiger partial charge in [0.05, 0.1) is 17.8 Å². The molecule has 1 saturated heterocycles. The SMILES string of the molecule is CC(C)C[C@]1(C)NC(=O)N(CC(=O)c2c(-c3ccccc3)n(C)c3ccccc23)C1=O. The Morgan fingerprint density at radius 1 is 1.03 bits per heavy atom. The van der Waals surface area contributed by atoms with Crippen molar-refractivity contribution in [3.8, 4) is 11.3 Å². The minimum absolute atomic E-state index is 0.229. The third-order valence-electron chi connectivity index (χ3n) is 5.90. The highest BCUT2D eigenvalue weighted by molar-refractivity contribution is 6.17. The standard InChI is InChI=1S/C25H27N3O3/c1-16(2)14-25(3)23(30)28(24(31)26-25)15-20(29)21-18-12-8-9-13-19(18)27(4)22(21)17-10-6-5-7-11-17/h5-13,16H,14-15H2,1-4H3,(H,26,31)/t25-/m0/s1. The number of urea groups is 1. The summed E-state index contributed by atoms with van der Waals surface area (Å²) in [5.74, 6) is -0.373. The largest absolute Gasteiger partial charge is 0.343 e. The van der Waals surface area contributed by atoms with Crippen molar-refractivity contribution in [1.82, 2.24) is 14.8 Å². The van der Waals surface area contributed by atoms with E-state index < -0.39 is 11.6 Å². The number of aryl methyl sites for hydroxylation is 1. The van der Waals surface area contributed by atoms with Crippen LogP contribution < -0.4 is 5.32 Å². The zero-order valence-corrected chi connectivity index (χ0v) is 18.3. The van der Waals surface area contributed by atoms with Crippen LogP contribution in [-0.2, 0) is 11.8 Å². The molecule has 1 fully saturated rings. The highest BCUT2D eigenvalue weighted by Gasteiger charge is 2.48. The lowest BCUT2D eigenvalue weighted by molar-refractivity contribution is -0.131. The summed E-state index contributed by atoms with van der Waals surface area (Å²) in [7, 11) is 1.93. The van der Waals surface area contributed by atoms with Gasteiger partial charge in [0, 0.05) is 18.0 Å². The molecule has 3 amide bonds. The normalized spacial score (nSPS) is 18.8. The number of amides is 3. The second kappa shape index (κ2) is 7.69. The van der Waals surface area contributed by atoms with E-state index in [9.17, 15) is 14.4 Å². The summed E-state index contributed by atoms with van der Waals surface area (Å²) in [6.45, 7) is 5.44. The van der Waals surface area contributed by atoms with Crippen molar-refractivity contribution < 1.29 is 14.4 Å². The Balaban J connectivity index is 1.75. The lowest BCUT2D eigenvalue weighted by Crippen LogP contribution is -2.45. The summed E-state index contributed by atoms with van der Waals surface area (Å²) in [4.78, 5) is 40.3. The first kappa shape index (κ1) is 20.8. The molecule has 0 aliphatic carbocycles. The molecule has 2 heterocycles. The lowest BCUT2D eigenvalue weighted by atomic mass is 9.91. The average molecular weight is 418 g/mol. The summed E-state index contributed by atoms with van der Waals surface area (Å²) in [6, 6.07) is 16.9. The highest BCUT2D eigenvalue weighted by Crippen LogP contribution is 2.34. The van der Waals surface area contributed by atoms with Crippen LogP contribution in [0.25, 0.3) is 22.2 Å². The Kier molecular flexibility index (Phi) is 5.17. The topological polar surface area (TPSA) is 71.4 Å². The van der Waals surface area contributed by atoms with E-state index in [0.29, 0.717) is 12.0 Å². The quantitative estimate of drug-likeness (QED) is 0.478. The molecule has 4 rings (SSSR count). The predicted octanol–water partition coefficient (Wildman–Crippen LogP) is 4.38. The van der Waals surface area contributed by atoms with Gasteiger partial charge in [-0.05, 0) is 30.9 Å². The predicted molar refractivity (Wildman–Crippen MR) is 121 cm³/mol. The van der Waals surface area contributed by atoms with Crippen LogP contribution in [0, 0.1) is 5.92 Å². The van der Waals surface area contributed by atoms with Gasteiger partial charge >= 0.3 is 6.03 Å². The molecule has 1 aliphatic heterocycles. The van der Waals surface area contributed by atoms with Gasteiger partial charge in [-0.1, -0.05) is 62.4 Å². The maximum absolute atomic E-state index is 13.6. The Morgan fingerprint density at radius 3 is 2.35 bits per heavy atom. The summed E-state index contributed by atoms with van der Waals surface area (Å²) in [5, 5.41) is 3.60. The second-order valence-electron chi connectivity index (χ2n) is 8.84. The molecule has 160 valence electrons. The molecule has 6 heteroatoms. The third-order valence-corrected chi connectivity index (χ3v) is 5.90. The number of Topliss-reactive ketones (excluding diaryl/α,β-unsaturated/α-hetero) is 1. The van der Waals surface area contributed by atoms with Gasteiger partial charge in [-0.25, -0.2) is 4.79 Å². The van der Waals surface area contributed by atoms with Crippen LogP contribution in [-0.4, -0.2) is 39.3 Å². The molecule has 0 saturated carbocycles. The van der Waals surface area contributed by atoms with Crippen molar-refractivity contribution >= 4 is 28.6 Å². The van der Waals surface area contributed by atoms with Crippen LogP contribution in [0.15, 0.2) is 54.6 Å². The van der Waals surface area contributed by atoms with Gasteiger partial charge in [0.25, 0.3) is 5.91 Å². The minimum atomic E-state index is -0.980. The van der Waals surface area contributed by atoms with Crippen molar-refractivity contribution in [2.75, 3.05) is 6.54 Å². The number of imide groups is 1. The van der Waals surface area contributed by atoms with Gasteiger partial charge < -0.3 is 9.88 Å². The van der Waals surface area contributed by atoms with Gasteiger partial charge in [0.2, 0.25) is 0 Å². The molecular weight excluding hydrogens is 390 g/mol. The number of aromatic nitrogens is 1. The van der Waals surface area contributed by atoms with E-state index in [1.165, 1.54) is 0 Å². The first-order valence-electron chi connectivity index (χ1n) is 10.5. The molecule has 0 unspecified atom stereocenters. The minimum Gasteiger partial charge on any atom is -0.343 e. The molecule has 0 spiro atoms. The fourth-order valence-corrected chi connectivity index (χ4v) is 4.68. The van der Waals surface area contributed by atoms with E-state index in [-0.39, 0.29) is 24.2 Å². The van der Waals surface area contributed by atoms with Gasteiger partial charge in [-0.15, -0.1) is 0 Å². The number of benzene rings is 2. The molecule has 1 aliphatic rings. The second-order valence-corrected chi connectivity index (χ2v) is 8.84. The Morgan fingerprint density at radius 2 is 1.68 bits per heavy atom. The number of nitrogens with zero attached hydrogens (tertiary/aromatic N) is 2. The van der Waals surface area contributed by atoms with Crippen molar-refractivity contribution in [2.45, 2.75) is 32.7 Å². The number of nitrogens with one attached hydrogen (secondary N) is 1. The van der Waals surface area contributed by atoms with Crippen LogP contribution in [0.1, 0.15) is 37.6 Å². The van der Waals surface area contributed by atoms with E-state index in [4.69, 9.17) is 0 Å². The molecule has 3 aromatic rings. The van der Waals surface area contributed by atoms with Crippen LogP contribution in [0.2, 0.25) is 0 Å². The number of hydrogen-bond acceptors (Lipinski definition) is 3. The van der Waals surface area contributed by atoms with Crippen molar-refractivity contribution in [3.05, 3.63) is 60.2 Å². The van der Waals surface area contributed by atoms with E-state index >= 15 is 0 Å². The van der Waals surface area contributed by atoms with Gasteiger partial charge in [0.1, 0.15) is 5.54 Å². The maximum Gasteiger partial charge on any atom is 0.325 e. The van der Waals surface area contributed by atoms with Crippen molar-refractivity contribution in [1.29, 1.82) is 0 Å². The number of ketones is 1. The molecule has 0 bridgehead atoms. The van der Waals surface area contributed by atoms with Crippen LogP contribution >= 0.6 is 0 Å². The third kappa shape index (κ3) is 3.52. The van der Waals surface area contributed by atoms with E-state index in [1.807, 2.05) is 80.1 Å². The molecule has 2 aromatic carbocycles. The summed E-state index contributed by atoms with van der Waals surface area (Å²) in [6.07, 6.45) is 0.520. The zero-order valence-electron chi connectivity index (χ0n) is 18.3. The lowest BCUT2D eigenvalue weighted by Gasteiger charge is -2.23. The first-order valence-corrected chi connectivity index (χ1v) is 10.5. The fourth-order valence-electron chi connectivity index (χ4n) is 4.68. The van der Waals surface area contributed by atoms with Crippen LogP contribution in [0.5, 0.6) is 0 Å². The summed E-state index contributed by atoms with van der Waals surface area (Å²) >= 11 is 0. The number of carbonyl (C=O) groups is 3. The monoisotopic (exact) mass is 417 g/mol. The number of hydrogen-bond donors (Lipinski definition) is 1. The van der Waals surface area contributed by atoms with E-state index in [2.05, 4.69) is 5.32 Å². The van der Waals surface area contributed by atoms with E-state index in [0.717, 1.165) is 27.1 Å². The molecule has 1 N–H and O–H groups in total. The summed E-state index contributed by atoms with van der Waals surface area (Å²) < 4.78 is 1.99. The summed E-state index contributed by atoms with van der Waals surface area (Å²) in [5.41, 5.74) is 2.16. The molecule has 0 radical (unpaired) electrons. The van der Waals surface area contributed by atoms with Crippen LogP contribution in [0.3, 0.4) is 0 Å². The number of para-hydroxylation sites is 1. The molecule has 6 nitrogen and oxygen atoms in total. The average Bonchev–Trinajstić information content (AvgIpc) is 3.14. The molecule has 1 atom stereocenters. The van der Waals surface area contributed by atoms with E-state index in [1.54, 1.807) is 6.92 Å². The molecule has 31 heavy (non-hydrogen) atoms. The maximum atomic E-state index is 13.6. The smallest absolute Gasteiger partial charge is 0.325 e. The Hall–Kier alpha value is -3.41. The molecule has 1 aromatic heterocycles. The highest BCUT2D eigenvalue weighted by atomic mass is 16.2. The van der Waals surface area contributed by atoms with Crippen molar-refractivity contribution in [2.24, 2.45) is 13.0 Å². The van der Waals surface area contributed by atoms with Crippen molar-refractivity contribution in [3.63, 3.8) is 0 Å². The first-order chi connectivity index (χ1) is 14.7. The zero-order chi connectivity index (χ0) is 22.3. The molecular formula is C25H27N3O3. The van der Waals surface area contributed by atoms with Gasteiger partial charge in [0.15, 0.2) is 5.78 Å². The van der Waals surface area contributed by atoms with Gasteiger partial charge in [-0.3, -0.25) is 14.5 Å². The number of fused-ring (bicyclic) bond motifs is 1. The fraction of sp³-hybridized carbons (Fsp3) is 0.320. The van der Waals surface area contributed by atoms with Crippen LogP contribution in [0.4, 0.5) is 4.79 Å². The number of carbonyl (C=O) groups excluding carboxylic acids is 3. The van der Waals surface area contributed by atoms with Gasteiger partial charge in [-0.2, -0.15) is 0 Å². The Bertz CT molecular complexity index is 1180. The Labute approximate surface area is 181 Å².